The molecule has 1 amide bonds. The van der Waals surface area contributed by atoms with E-state index >= 15 is 0 Å². The van der Waals surface area contributed by atoms with Gasteiger partial charge in [0.05, 0.1) is 18.2 Å². The van der Waals surface area contributed by atoms with E-state index in [4.69, 9.17) is 16.3 Å². The molecule has 1 fully saturated rings. The van der Waals surface area contributed by atoms with Crippen molar-refractivity contribution in [1.29, 1.82) is 0 Å². The van der Waals surface area contributed by atoms with Crippen LogP contribution in [0.4, 0.5) is 5.69 Å². The molecule has 1 saturated heterocycles. The van der Waals surface area contributed by atoms with Crippen molar-refractivity contribution < 1.29 is 9.53 Å². The Labute approximate surface area is 160 Å². The zero-order valence-corrected chi connectivity index (χ0v) is 16.3. The SMILES string of the molecule is COc1ccccc1N1CCN(C(=O)C(C)(C)c2ccc(Cl)cc2)CC1. The molecule has 1 aliphatic heterocycles. The van der Waals surface area contributed by atoms with Crippen LogP contribution in [0.2, 0.25) is 5.02 Å². The Hall–Kier alpha value is -2.20. The van der Waals surface area contributed by atoms with Crippen molar-refractivity contribution in [1.82, 2.24) is 4.90 Å². The Morgan fingerprint density at radius 3 is 2.23 bits per heavy atom. The van der Waals surface area contributed by atoms with Crippen LogP contribution in [0.25, 0.3) is 0 Å². The number of ether oxygens (including phenoxy) is 1. The lowest BCUT2D eigenvalue weighted by Gasteiger charge is -2.40. The van der Waals surface area contributed by atoms with Gasteiger partial charge in [-0.3, -0.25) is 4.79 Å². The summed E-state index contributed by atoms with van der Waals surface area (Å²) in [6.45, 7) is 6.95. The van der Waals surface area contributed by atoms with E-state index in [1.54, 1.807) is 7.11 Å². The Bertz CT molecular complexity index is 766. The quantitative estimate of drug-likeness (QED) is 0.813. The van der Waals surface area contributed by atoms with Crippen molar-refractivity contribution in [2.75, 3.05) is 38.2 Å². The van der Waals surface area contributed by atoms with E-state index in [9.17, 15) is 4.79 Å². The fourth-order valence-corrected chi connectivity index (χ4v) is 3.55. The third-order valence-corrected chi connectivity index (χ3v) is 5.35. The number of piperazine rings is 1. The minimum Gasteiger partial charge on any atom is -0.495 e. The molecule has 1 heterocycles. The molecule has 5 heteroatoms. The van der Waals surface area contributed by atoms with Gasteiger partial charge in [0.25, 0.3) is 0 Å². The van der Waals surface area contributed by atoms with Gasteiger partial charge in [0.15, 0.2) is 0 Å². The van der Waals surface area contributed by atoms with Crippen LogP contribution in [-0.2, 0) is 10.2 Å². The van der Waals surface area contributed by atoms with Gasteiger partial charge in [-0.1, -0.05) is 35.9 Å². The summed E-state index contributed by atoms with van der Waals surface area (Å²) in [6.07, 6.45) is 0. The van der Waals surface area contributed by atoms with Gasteiger partial charge >= 0.3 is 0 Å². The molecule has 0 saturated carbocycles. The second kappa shape index (κ2) is 7.58. The van der Waals surface area contributed by atoms with Crippen molar-refractivity contribution >= 4 is 23.2 Å². The van der Waals surface area contributed by atoms with Crippen LogP contribution in [-0.4, -0.2) is 44.1 Å². The van der Waals surface area contributed by atoms with Gasteiger partial charge in [-0.05, 0) is 43.7 Å². The van der Waals surface area contributed by atoms with Crippen LogP contribution in [0.5, 0.6) is 5.75 Å². The molecule has 0 bridgehead atoms. The number of benzene rings is 2. The number of methoxy groups -OCH3 is 1. The largest absolute Gasteiger partial charge is 0.495 e. The van der Waals surface area contributed by atoms with Crippen LogP contribution in [0.3, 0.4) is 0 Å². The summed E-state index contributed by atoms with van der Waals surface area (Å²) in [7, 11) is 1.69. The van der Waals surface area contributed by atoms with Gasteiger partial charge in [0.2, 0.25) is 5.91 Å². The average Bonchev–Trinajstić information content (AvgIpc) is 2.68. The Morgan fingerprint density at radius 1 is 1.00 bits per heavy atom. The minimum atomic E-state index is -0.572. The summed E-state index contributed by atoms with van der Waals surface area (Å²) in [5.41, 5.74) is 1.50. The lowest BCUT2D eigenvalue weighted by atomic mass is 9.83. The number of carbonyl (C=O) groups excluding carboxylic acids is 1. The van der Waals surface area contributed by atoms with E-state index in [0.29, 0.717) is 18.1 Å². The number of hydrogen-bond acceptors (Lipinski definition) is 3. The zero-order valence-electron chi connectivity index (χ0n) is 15.5. The first-order valence-electron chi connectivity index (χ1n) is 8.87. The Kier molecular flexibility index (Phi) is 5.42. The van der Waals surface area contributed by atoms with Crippen molar-refractivity contribution in [2.24, 2.45) is 0 Å². The van der Waals surface area contributed by atoms with Gasteiger partial charge in [0.1, 0.15) is 5.75 Å². The third kappa shape index (κ3) is 3.65. The number of hydrogen-bond donors (Lipinski definition) is 0. The lowest BCUT2D eigenvalue weighted by molar-refractivity contribution is -0.136. The molecule has 2 aromatic rings. The van der Waals surface area contributed by atoms with Crippen molar-refractivity contribution in [3.05, 3.63) is 59.1 Å². The molecule has 4 nitrogen and oxygen atoms in total. The molecule has 0 aromatic heterocycles. The van der Waals surface area contributed by atoms with Crippen LogP contribution >= 0.6 is 11.6 Å². The van der Waals surface area contributed by atoms with Gasteiger partial charge < -0.3 is 14.5 Å². The molecule has 2 aromatic carbocycles. The van der Waals surface area contributed by atoms with Crippen LogP contribution in [0.1, 0.15) is 19.4 Å². The van der Waals surface area contributed by atoms with Gasteiger partial charge in [-0.2, -0.15) is 0 Å². The number of nitrogens with zero attached hydrogens (tertiary/aromatic N) is 2. The molecule has 0 unspecified atom stereocenters. The summed E-state index contributed by atoms with van der Waals surface area (Å²) in [6, 6.07) is 15.6. The predicted octanol–water partition coefficient (Wildman–Crippen LogP) is 3.98. The maximum absolute atomic E-state index is 13.1. The number of anilines is 1. The first-order chi connectivity index (χ1) is 12.4. The van der Waals surface area contributed by atoms with Crippen LogP contribution in [0, 0.1) is 0 Å². The summed E-state index contributed by atoms with van der Waals surface area (Å²) in [5.74, 6) is 1.02. The normalized spacial score (nSPS) is 15.1. The van der Waals surface area contributed by atoms with Gasteiger partial charge in [-0.25, -0.2) is 0 Å². The molecule has 3 rings (SSSR count). The zero-order chi connectivity index (χ0) is 18.7. The van der Waals surface area contributed by atoms with E-state index in [-0.39, 0.29) is 5.91 Å². The topological polar surface area (TPSA) is 32.8 Å². The highest BCUT2D eigenvalue weighted by molar-refractivity contribution is 6.30. The van der Waals surface area contributed by atoms with E-state index in [2.05, 4.69) is 11.0 Å². The van der Waals surface area contributed by atoms with Crippen LogP contribution < -0.4 is 9.64 Å². The van der Waals surface area contributed by atoms with E-state index < -0.39 is 5.41 Å². The number of rotatable bonds is 4. The first kappa shape index (κ1) is 18.6. The number of halogens is 1. The molecule has 26 heavy (non-hydrogen) atoms. The summed E-state index contributed by atoms with van der Waals surface area (Å²) >= 11 is 5.98. The molecule has 0 atom stereocenters. The lowest BCUT2D eigenvalue weighted by Crippen LogP contribution is -2.53. The van der Waals surface area contributed by atoms with E-state index in [1.807, 2.05) is 61.2 Å². The average molecular weight is 373 g/mol. The maximum Gasteiger partial charge on any atom is 0.232 e. The third-order valence-electron chi connectivity index (χ3n) is 5.09. The Morgan fingerprint density at radius 2 is 1.62 bits per heavy atom. The molecule has 0 N–H and O–H groups in total. The fourth-order valence-electron chi connectivity index (χ4n) is 3.43. The summed E-state index contributed by atoms with van der Waals surface area (Å²) in [4.78, 5) is 17.4. The van der Waals surface area contributed by atoms with Crippen molar-refractivity contribution in [3.63, 3.8) is 0 Å². The molecule has 0 radical (unpaired) electrons. The standard InChI is InChI=1S/C21H25ClN2O2/c1-21(2,16-8-10-17(22)11-9-16)20(25)24-14-12-23(13-15-24)18-6-4-5-7-19(18)26-3/h4-11H,12-15H2,1-3H3. The highest BCUT2D eigenvalue weighted by Crippen LogP contribution is 2.30. The minimum absolute atomic E-state index is 0.152. The predicted molar refractivity (Wildman–Crippen MR) is 106 cm³/mol. The van der Waals surface area contributed by atoms with Crippen molar-refractivity contribution in [2.45, 2.75) is 19.3 Å². The van der Waals surface area contributed by atoms with E-state index in [0.717, 1.165) is 30.1 Å². The maximum atomic E-state index is 13.1. The molecule has 0 spiro atoms. The molecular formula is C21H25ClN2O2. The van der Waals surface area contributed by atoms with Crippen LogP contribution in [0.15, 0.2) is 48.5 Å². The number of amides is 1. The molecule has 0 aliphatic carbocycles. The highest BCUT2D eigenvalue weighted by Gasteiger charge is 2.35. The summed E-state index contributed by atoms with van der Waals surface area (Å²) in [5, 5.41) is 0.683. The second-order valence-corrected chi connectivity index (χ2v) is 7.52. The first-order valence-corrected chi connectivity index (χ1v) is 9.24. The molecular weight excluding hydrogens is 348 g/mol. The van der Waals surface area contributed by atoms with Gasteiger partial charge in [-0.15, -0.1) is 0 Å². The number of para-hydroxylation sites is 2. The summed E-state index contributed by atoms with van der Waals surface area (Å²) < 4.78 is 5.46. The smallest absolute Gasteiger partial charge is 0.232 e. The van der Waals surface area contributed by atoms with Crippen molar-refractivity contribution in [3.8, 4) is 5.75 Å². The molecule has 138 valence electrons. The Balaban J connectivity index is 1.69. The van der Waals surface area contributed by atoms with Gasteiger partial charge in [0, 0.05) is 31.2 Å². The second-order valence-electron chi connectivity index (χ2n) is 7.08. The number of carbonyl (C=O) groups is 1. The highest BCUT2D eigenvalue weighted by atomic mass is 35.5. The molecule has 1 aliphatic rings. The van der Waals surface area contributed by atoms with E-state index in [1.165, 1.54) is 0 Å². The monoisotopic (exact) mass is 372 g/mol. The fraction of sp³-hybridized carbons (Fsp3) is 0.381.